The molecule has 3 heteroatoms. The molecule has 1 unspecified atom stereocenters. The van der Waals surface area contributed by atoms with Gasteiger partial charge in [-0.1, -0.05) is 49.5 Å². The maximum atomic E-state index is 6.17. The Morgan fingerprint density at radius 3 is 2.56 bits per heavy atom. The monoisotopic (exact) mass is 287 g/mol. The molecule has 1 aromatic rings. The van der Waals surface area contributed by atoms with Crippen LogP contribution < -0.4 is 5.32 Å². The van der Waals surface area contributed by atoms with Crippen molar-refractivity contribution in [1.82, 2.24) is 5.32 Å². The number of halogens is 2. The van der Waals surface area contributed by atoms with E-state index in [1.807, 2.05) is 18.2 Å². The molecule has 18 heavy (non-hydrogen) atoms. The minimum atomic E-state index is 0.645. The van der Waals surface area contributed by atoms with Crippen molar-refractivity contribution < 1.29 is 0 Å². The molecule has 0 heterocycles. The van der Waals surface area contributed by atoms with Crippen molar-refractivity contribution in [2.24, 2.45) is 0 Å². The van der Waals surface area contributed by atoms with Crippen molar-refractivity contribution in [3.8, 4) is 0 Å². The summed E-state index contributed by atoms with van der Waals surface area (Å²) in [5, 5.41) is 5.04. The van der Waals surface area contributed by atoms with E-state index in [2.05, 4.69) is 19.2 Å². The lowest BCUT2D eigenvalue weighted by Crippen LogP contribution is -2.28. The summed E-state index contributed by atoms with van der Waals surface area (Å²) in [4.78, 5) is 0. The average molecular weight is 288 g/mol. The lowest BCUT2D eigenvalue weighted by molar-refractivity contribution is 0.447. The van der Waals surface area contributed by atoms with Gasteiger partial charge in [-0.3, -0.25) is 0 Å². The highest BCUT2D eigenvalue weighted by Crippen LogP contribution is 2.22. The molecule has 0 saturated carbocycles. The predicted octanol–water partition coefficient (Wildman–Crippen LogP) is 5.09. The predicted molar refractivity (Wildman–Crippen MR) is 81.8 cm³/mol. The average Bonchev–Trinajstić information content (AvgIpc) is 2.32. The van der Waals surface area contributed by atoms with E-state index in [4.69, 9.17) is 23.2 Å². The van der Waals surface area contributed by atoms with E-state index in [-0.39, 0.29) is 0 Å². The first-order chi connectivity index (χ1) is 8.67. The Labute approximate surface area is 121 Å². The van der Waals surface area contributed by atoms with Crippen LogP contribution in [0.4, 0.5) is 0 Å². The Balaban J connectivity index is 2.39. The Bertz CT molecular complexity index is 346. The van der Waals surface area contributed by atoms with Gasteiger partial charge >= 0.3 is 0 Å². The van der Waals surface area contributed by atoms with Gasteiger partial charge in [0.05, 0.1) is 0 Å². The number of aryl methyl sites for hydroxylation is 1. The van der Waals surface area contributed by atoms with Crippen LogP contribution in [0.3, 0.4) is 0 Å². The number of benzene rings is 1. The smallest absolute Gasteiger partial charge is 0.0452 e. The van der Waals surface area contributed by atoms with Crippen molar-refractivity contribution in [1.29, 1.82) is 0 Å². The summed E-state index contributed by atoms with van der Waals surface area (Å²) in [6.45, 7) is 5.45. The fraction of sp³-hybridized carbons (Fsp3) is 0.600. The maximum Gasteiger partial charge on any atom is 0.0452 e. The van der Waals surface area contributed by atoms with Gasteiger partial charge in [-0.05, 0) is 49.9 Å². The summed E-state index contributed by atoms with van der Waals surface area (Å²) in [5.74, 6) is 0. The minimum absolute atomic E-state index is 0.645. The molecule has 1 atom stereocenters. The minimum Gasteiger partial charge on any atom is -0.314 e. The third kappa shape index (κ3) is 5.60. The van der Waals surface area contributed by atoms with Crippen LogP contribution >= 0.6 is 23.2 Å². The van der Waals surface area contributed by atoms with Crippen LogP contribution in [0, 0.1) is 0 Å². The van der Waals surface area contributed by atoms with Crippen LogP contribution in [0.1, 0.15) is 45.1 Å². The van der Waals surface area contributed by atoms with Crippen LogP contribution in [0.15, 0.2) is 18.2 Å². The van der Waals surface area contributed by atoms with Crippen LogP contribution in [-0.2, 0) is 6.42 Å². The van der Waals surface area contributed by atoms with E-state index in [0.29, 0.717) is 11.1 Å². The molecule has 0 spiro atoms. The highest BCUT2D eigenvalue weighted by molar-refractivity contribution is 6.35. The van der Waals surface area contributed by atoms with Crippen LogP contribution in [-0.4, -0.2) is 12.6 Å². The van der Waals surface area contributed by atoms with Crippen molar-refractivity contribution in [2.75, 3.05) is 6.54 Å². The van der Waals surface area contributed by atoms with Crippen LogP contribution in [0.5, 0.6) is 0 Å². The maximum absolute atomic E-state index is 6.17. The first-order valence-electron chi connectivity index (χ1n) is 6.84. The molecular weight excluding hydrogens is 265 g/mol. The molecule has 0 bridgehead atoms. The summed E-state index contributed by atoms with van der Waals surface area (Å²) < 4.78 is 0. The van der Waals surface area contributed by atoms with Gasteiger partial charge in [-0.25, -0.2) is 0 Å². The molecule has 1 nitrogen and oxygen atoms in total. The molecule has 1 rings (SSSR count). The first kappa shape index (κ1) is 15.8. The second-order valence-electron chi connectivity index (χ2n) is 4.67. The third-order valence-electron chi connectivity index (χ3n) is 3.14. The Morgan fingerprint density at radius 2 is 1.94 bits per heavy atom. The molecule has 0 aliphatic heterocycles. The molecule has 1 N–H and O–H groups in total. The van der Waals surface area contributed by atoms with E-state index in [1.165, 1.54) is 31.2 Å². The lowest BCUT2D eigenvalue weighted by atomic mass is 10.0. The van der Waals surface area contributed by atoms with Gasteiger partial charge in [-0.2, -0.15) is 0 Å². The molecular formula is C15H23Cl2N. The largest absolute Gasteiger partial charge is 0.314 e. The van der Waals surface area contributed by atoms with Crippen molar-refractivity contribution in [3.05, 3.63) is 33.8 Å². The lowest BCUT2D eigenvalue weighted by Gasteiger charge is -2.17. The Hall–Kier alpha value is -0.240. The molecule has 0 amide bonds. The Morgan fingerprint density at radius 1 is 1.17 bits per heavy atom. The van der Waals surface area contributed by atoms with E-state index >= 15 is 0 Å². The van der Waals surface area contributed by atoms with E-state index in [1.54, 1.807) is 0 Å². The van der Waals surface area contributed by atoms with Gasteiger partial charge in [0.25, 0.3) is 0 Å². The summed E-state index contributed by atoms with van der Waals surface area (Å²) in [7, 11) is 0. The van der Waals surface area contributed by atoms with Crippen molar-refractivity contribution >= 4 is 23.2 Å². The zero-order chi connectivity index (χ0) is 13.4. The number of rotatable bonds is 8. The number of nitrogens with one attached hydrogen (secondary N) is 1. The summed E-state index contributed by atoms with van der Waals surface area (Å²) in [6, 6.07) is 6.42. The highest BCUT2D eigenvalue weighted by Gasteiger charge is 2.07. The summed E-state index contributed by atoms with van der Waals surface area (Å²) in [6.07, 6.45) is 5.89. The van der Waals surface area contributed by atoms with E-state index < -0.39 is 0 Å². The topological polar surface area (TPSA) is 12.0 Å². The molecule has 102 valence electrons. The molecule has 0 aromatic heterocycles. The quantitative estimate of drug-likeness (QED) is 0.702. The molecule has 0 aliphatic carbocycles. The number of hydrogen-bond acceptors (Lipinski definition) is 1. The summed E-state index contributed by atoms with van der Waals surface area (Å²) in [5.41, 5.74) is 1.20. The fourth-order valence-electron chi connectivity index (χ4n) is 2.25. The normalized spacial score (nSPS) is 12.7. The van der Waals surface area contributed by atoms with Crippen LogP contribution in [0.25, 0.3) is 0 Å². The zero-order valence-corrected chi connectivity index (χ0v) is 12.8. The van der Waals surface area contributed by atoms with Crippen LogP contribution in [0.2, 0.25) is 10.0 Å². The van der Waals surface area contributed by atoms with Gasteiger partial charge in [-0.15, -0.1) is 0 Å². The first-order valence-corrected chi connectivity index (χ1v) is 7.60. The zero-order valence-electron chi connectivity index (χ0n) is 11.3. The highest BCUT2D eigenvalue weighted by atomic mass is 35.5. The molecule has 0 fully saturated rings. The van der Waals surface area contributed by atoms with Gasteiger partial charge in [0.1, 0.15) is 0 Å². The van der Waals surface area contributed by atoms with E-state index in [9.17, 15) is 0 Å². The molecule has 0 aliphatic rings. The molecule has 1 aromatic carbocycles. The molecule has 0 saturated heterocycles. The van der Waals surface area contributed by atoms with Gasteiger partial charge in [0.2, 0.25) is 0 Å². The second-order valence-corrected chi connectivity index (χ2v) is 5.51. The Kier molecular flexibility index (Phi) is 7.73. The van der Waals surface area contributed by atoms with Gasteiger partial charge < -0.3 is 5.32 Å². The second kappa shape index (κ2) is 8.79. The molecule has 0 radical (unpaired) electrons. The van der Waals surface area contributed by atoms with Gasteiger partial charge in [0, 0.05) is 16.1 Å². The SMILES string of the molecule is CCCC(CCCc1ccc(Cl)cc1Cl)NCC. The third-order valence-corrected chi connectivity index (χ3v) is 3.73. The van der Waals surface area contributed by atoms with Crippen molar-refractivity contribution in [2.45, 2.75) is 52.0 Å². The van der Waals surface area contributed by atoms with Gasteiger partial charge in [0.15, 0.2) is 0 Å². The van der Waals surface area contributed by atoms with Crippen molar-refractivity contribution in [3.63, 3.8) is 0 Å². The standard InChI is InChI=1S/C15H23Cl2N/c1-3-6-14(18-4-2)8-5-7-12-9-10-13(16)11-15(12)17/h9-11,14,18H,3-8H2,1-2H3. The van der Waals surface area contributed by atoms with E-state index in [0.717, 1.165) is 18.0 Å². The number of hydrogen-bond donors (Lipinski definition) is 1. The fourth-order valence-corrected chi connectivity index (χ4v) is 2.75. The summed E-state index contributed by atoms with van der Waals surface area (Å²) >= 11 is 12.1.